The van der Waals surface area contributed by atoms with Gasteiger partial charge in [0.2, 0.25) is 0 Å². The van der Waals surface area contributed by atoms with Crippen molar-refractivity contribution in [2.75, 3.05) is 33.1 Å². The van der Waals surface area contributed by atoms with E-state index in [0.717, 1.165) is 9.90 Å². The number of nitrogens with zero attached hydrogens (tertiary/aromatic N) is 2. The summed E-state index contributed by atoms with van der Waals surface area (Å²) >= 11 is 8.05. The van der Waals surface area contributed by atoms with Crippen LogP contribution in [0.5, 0.6) is 0 Å². The van der Waals surface area contributed by atoms with Gasteiger partial charge in [0.15, 0.2) is 5.71 Å². The van der Waals surface area contributed by atoms with Crippen molar-refractivity contribution in [2.24, 2.45) is 0 Å². The van der Waals surface area contributed by atoms with Gasteiger partial charge in [-0.3, -0.25) is 0 Å². The van der Waals surface area contributed by atoms with Crippen molar-refractivity contribution in [3.05, 3.63) is 81.1 Å². The molecule has 1 heterocycles. The molecule has 2 nitrogen and oxygen atoms in total. The van der Waals surface area contributed by atoms with Gasteiger partial charge < -0.3 is 17.3 Å². The molecule has 136 valence electrons. The van der Waals surface area contributed by atoms with Crippen LogP contribution in [-0.2, 0) is 0 Å². The van der Waals surface area contributed by atoms with Gasteiger partial charge in [-0.05, 0) is 52.4 Å². The average Bonchev–Trinajstić information content (AvgIpc) is 3.02. The highest BCUT2D eigenvalue weighted by Crippen LogP contribution is 2.37. The zero-order chi connectivity index (χ0) is 18.0. The van der Waals surface area contributed by atoms with E-state index in [4.69, 9.17) is 11.6 Å². The minimum Gasteiger partial charge on any atom is -1.00 e. The van der Waals surface area contributed by atoms with Gasteiger partial charge in [-0.2, -0.15) is 0 Å². The van der Waals surface area contributed by atoms with E-state index in [-0.39, 0.29) is 12.4 Å². The third-order valence-electron chi connectivity index (χ3n) is 4.23. The van der Waals surface area contributed by atoms with E-state index < -0.39 is 0 Å². The summed E-state index contributed by atoms with van der Waals surface area (Å²) in [5.74, 6) is 0. The first kappa shape index (κ1) is 20.5. The van der Waals surface area contributed by atoms with Gasteiger partial charge in [-0.25, -0.2) is 4.58 Å². The summed E-state index contributed by atoms with van der Waals surface area (Å²) in [6, 6.07) is 10.7. The molecule has 0 spiro atoms. The number of hydrogen-bond acceptors (Lipinski definition) is 2. The summed E-state index contributed by atoms with van der Waals surface area (Å²) in [6.45, 7) is 0. The van der Waals surface area contributed by atoms with Crippen LogP contribution in [0.2, 0.25) is 4.34 Å². The van der Waals surface area contributed by atoms with Crippen molar-refractivity contribution in [3.63, 3.8) is 0 Å². The predicted molar refractivity (Wildman–Crippen MR) is 112 cm³/mol. The highest BCUT2D eigenvalue weighted by atomic mass is 35.5. The lowest BCUT2D eigenvalue weighted by Crippen LogP contribution is -3.00. The SMILES string of the molecule is CN(C)c1ccc(C(=C2C=CC(=[N+](C)C)C=C2)c2ccsc2Cl)cc1.[Cl-]. The molecule has 0 unspecified atom stereocenters. The number of anilines is 1. The molecule has 0 saturated carbocycles. The van der Waals surface area contributed by atoms with Gasteiger partial charge in [0.25, 0.3) is 0 Å². The minimum absolute atomic E-state index is 0. The fraction of sp³-hybridized carbons (Fsp3) is 0.190. The lowest BCUT2D eigenvalue weighted by Gasteiger charge is -2.16. The Morgan fingerprint density at radius 1 is 0.962 bits per heavy atom. The van der Waals surface area contributed by atoms with Crippen LogP contribution >= 0.6 is 22.9 Å². The van der Waals surface area contributed by atoms with Gasteiger partial charge in [-0.15, -0.1) is 11.3 Å². The standard InChI is InChI=1S/C21H22ClN2S.ClH/c1-23(2)17-9-5-15(6-10-17)20(19-13-14-25-21(19)22)16-7-11-18(12-8-16)24(3)4;/h5-14H,1-4H3;1H/q+1;/p-1. The smallest absolute Gasteiger partial charge is 0.199 e. The molecule has 0 radical (unpaired) electrons. The molecule has 1 aromatic heterocycles. The van der Waals surface area contributed by atoms with E-state index in [9.17, 15) is 0 Å². The van der Waals surface area contributed by atoms with Crippen LogP contribution < -0.4 is 17.3 Å². The molecule has 0 bridgehead atoms. The van der Waals surface area contributed by atoms with Gasteiger partial charge in [0.05, 0.1) is 0 Å². The monoisotopic (exact) mass is 404 g/mol. The fourth-order valence-electron chi connectivity index (χ4n) is 2.80. The summed E-state index contributed by atoms with van der Waals surface area (Å²) in [4.78, 5) is 2.10. The Bertz CT molecular complexity index is 878. The highest BCUT2D eigenvalue weighted by molar-refractivity contribution is 7.14. The lowest BCUT2D eigenvalue weighted by molar-refractivity contribution is -0.462. The van der Waals surface area contributed by atoms with Crippen LogP contribution in [0.15, 0.2) is 65.6 Å². The molecular formula is C21H22Cl2N2S. The van der Waals surface area contributed by atoms with Crippen LogP contribution in [0.25, 0.3) is 5.57 Å². The number of halogens is 2. The van der Waals surface area contributed by atoms with Gasteiger partial charge in [0.1, 0.15) is 18.4 Å². The second-order valence-corrected chi connectivity index (χ2v) is 7.88. The average molecular weight is 405 g/mol. The third-order valence-corrected chi connectivity index (χ3v) is 5.40. The first-order chi connectivity index (χ1) is 12.0. The minimum atomic E-state index is 0. The summed E-state index contributed by atoms with van der Waals surface area (Å²) in [5.41, 5.74) is 6.96. The molecule has 3 rings (SSSR count). The molecule has 2 aromatic rings. The summed E-state index contributed by atoms with van der Waals surface area (Å²) in [5, 5.41) is 2.04. The van der Waals surface area contributed by atoms with Crippen LogP contribution in [-0.4, -0.2) is 38.5 Å². The summed E-state index contributed by atoms with van der Waals surface area (Å²) in [6.07, 6.45) is 8.62. The van der Waals surface area contributed by atoms with E-state index in [1.165, 1.54) is 28.1 Å². The Morgan fingerprint density at radius 2 is 1.58 bits per heavy atom. The predicted octanol–water partition coefficient (Wildman–Crippen LogP) is 2.11. The van der Waals surface area contributed by atoms with Gasteiger partial charge in [0, 0.05) is 37.5 Å². The van der Waals surface area contributed by atoms with Gasteiger partial charge in [-0.1, -0.05) is 23.7 Å². The van der Waals surface area contributed by atoms with Crippen LogP contribution in [0.4, 0.5) is 5.69 Å². The van der Waals surface area contributed by atoms with Crippen molar-refractivity contribution < 1.29 is 17.0 Å². The summed E-state index contributed by atoms with van der Waals surface area (Å²) in [7, 11) is 8.20. The number of benzene rings is 1. The fourth-order valence-corrected chi connectivity index (χ4v) is 3.74. The number of allylic oxidation sites excluding steroid dienone is 5. The van der Waals surface area contributed by atoms with Crippen molar-refractivity contribution in [1.29, 1.82) is 0 Å². The molecule has 0 saturated heterocycles. The Hall–Kier alpha value is -1.81. The molecular weight excluding hydrogens is 383 g/mol. The zero-order valence-corrected chi connectivity index (χ0v) is 17.7. The molecule has 0 aliphatic heterocycles. The van der Waals surface area contributed by atoms with Crippen molar-refractivity contribution in [3.8, 4) is 0 Å². The third kappa shape index (κ3) is 4.29. The van der Waals surface area contributed by atoms with Crippen molar-refractivity contribution >= 4 is 39.9 Å². The normalized spacial score (nSPS) is 12.8. The Kier molecular flexibility index (Phi) is 6.87. The van der Waals surface area contributed by atoms with E-state index in [1.807, 2.05) is 5.38 Å². The molecule has 0 amide bonds. The second-order valence-electron chi connectivity index (χ2n) is 6.37. The first-order valence-corrected chi connectivity index (χ1v) is 9.39. The van der Waals surface area contributed by atoms with Crippen LogP contribution in [0.1, 0.15) is 11.1 Å². The Morgan fingerprint density at radius 3 is 2.04 bits per heavy atom. The highest BCUT2D eigenvalue weighted by Gasteiger charge is 2.16. The first-order valence-electron chi connectivity index (χ1n) is 8.13. The number of thiophene rings is 1. The topological polar surface area (TPSA) is 6.25 Å². The largest absolute Gasteiger partial charge is 1.00 e. The van der Waals surface area contributed by atoms with Crippen LogP contribution in [0.3, 0.4) is 0 Å². The van der Waals surface area contributed by atoms with E-state index in [0.29, 0.717) is 0 Å². The number of hydrogen-bond donors (Lipinski definition) is 0. The Balaban J connectivity index is 0.00000243. The molecule has 1 aromatic carbocycles. The second kappa shape index (κ2) is 8.72. The van der Waals surface area contributed by atoms with E-state index >= 15 is 0 Å². The maximum absolute atomic E-state index is 6.48. The summed E-state index contributed by atoms with van der Waals surface area (Å²) < 4.78 is 2.93. The van der Waals surface area contributed by atoms with E-state index in [2.05, 4.69) is 92.3 Å². The number of rotatable bonds is 3. The maximum Gasteiger partial charge on any atom is 0.199 e. The van der Waals surface area contributed by atoms with E-state index in [1.54, 1.807) is 11.3 Å². The zero-order valence-electron chi connectivity index (χ0n) is 15.3. The van der Waals surface area contributed by atoms with Crippen LogP contribution in [0, 0.1) is 0 Å². The van der Waals surface area contributed by atoms with Crippen molar-refractivity contribution in [2.45, 2.75) is 0 Å². The molecule has 5 heteroatoms. The molecule has 0 fully saturated rings. The van der Waals surface area contributed by atoms with Crippen molar-refractivity contribution in [1.82, 2.24) is 0 Å². The molecule has 1 aliphatic rings. The Labute approximate surface area is 170 Å². The molecule has 26 heavy (non-hydrogen) atoms. The lowest BCUT2D eigenvalue weighted by atomic mass is 9.92. The maximum atomic E-state index is 6.48. The molecule has 0 N–H and O–H groups in total. The molecule has 1 aliphatic carbocycles. The van der Waals surface area contributed by atoms with Gasteiger partial charge >= 0.3 is 0 Å². The molecule has 0 atom stereocenters. The quantitative estimate of drug-likeness (QED) is 0.710.